The van der Waals surface area contributed by atoms with Crippen LogP contribution in [-0.2, 0) is 4.74 Å². The van der Waals surface area contributed by atoms with Crippen molar-refractivity contribution in [2.45, 2.75) is 0 Å². The van der Waals surface area contributed by atoms with Gasteiger partial charge in [-0.05, 0) is 17.7 Å². The van der Waals surface area contributed by atoms with E-state index < -0.39 is 6.09 Å². The Bertz CT molecular complexity index is 389. The molecule has 1 aromatic rings. The zero-order chi connectivity index (χ0) is 10.7. The molecule has 1 aromatic carbocycles. The molecule has 1 fully saturated rings. The Balaban J connectivity index is 2.04. The highest BCUT2D eigenvalue weighted by Crippen LogP contribution is 2.09. The van der Waals surface area contributed by atoms with Crippen molar-refractivity contribution in [3.8, 4) is 0 Å². The van der Waals surface area contributed by atoms with E-state index in [-0.39, 0.29) is 0 Å². The van der Waals surface area contributed by atoms with E-state index in [1.165, 1.54) is 5.01 Å². The summed E-state index contributed by atoms with van der Waals surface area (Å²) in [5.41, 5.74) is 0.888. The van der Waals surface area contributed by atoms with Crippen LogP contribution in [0, 0.1) is 0 Å². The Hall–Kier alpha value is -1.55. The molecule has 78 valence electrons. The van der Waals surface area contributed by atoms with Crippen molar-refractivity contribution in [2.75, 3.05) is 13.2 Å². The molecule has 0 bridgehead atoms. The number of rotatable bonds is 2. The first-order valence-corrected chi connectivity index (χ1v) is 4.87. The zero-order valence-corrected chi connectivity index (χ0v) is 8.65. The minimum Gasteiger partial charge on any atom is -0.446 e. The van der Waals surface area contributed by atoms with Gasteiger partial charge in [0, 0.05) is 5.02 Å². The average Bonchev–Trinajstić information content (AvgIpc) is 2.63. The molecule has 1 saturated heterocycles. The lowest BCUT2D eigenvalue weighted by Crippen LogP contribution is -2.17. The third kappa shape index (κ3) is 2.47. The van der Waals surface area contributed by atoms with Crippen molar-refractivity contribution in [1.29, 1.82) is 0 Å². The normalized spacial score (nSPS) is 16.1. The summed E-state index contributed by atoms with van der Waals surface area (Å²) in [6.45, 7) is 0.902. The van der Waals surface area contributed by atoms with Crippen LogP contribution in [0.1, 0.15) is 5.56 Å². The topological polar surface area (TPSA) is 41.9 Å². The minimum atomic E-state index is -0.403. The van der Waals surface area contributed by atoms with Gasteiger partial charge in [0.15, 0.2) is 0 Å². The Morgan fingerprint density at radius 3 is 2.73 bits per heavy atom. The van der Waals surface area contributed by atoms with Crippen molar-refractivity contribution < 1.29 is 9.53 Å². The fraction of sp³-hybridized carbons (Fsp3) is 0.200. The van der Waals surface area contributed by atoms with Gasteiger partial charge < -0.3 is 4.74 Å². The molecule has 0 unspecified atom stereocenters. The van der Waals surface area contributed by atoms with Crippen LogP contribution in [0.5, 0.6) is 0 Å². The molecular formula is C10H9ClN2O2. The van der Waals surface area contributed by atoms with E-state index in [0.29, 0.717) is 18.2 Å². The van der Waals surface area contributed by atoms with Crippen molar-refractivity contribution in [1.82, 2.24) is 5.01 Å². The molecule has 0 N–H and O–H groups in total. The lowest BCUT2D eigenvalue weighted by molar-refractivity contribution is 0.159. The monoisotopic (exact) mass is 224 g/mol. The second-order valence-electron chi connectivity index (χ2n) is 3.03. The van der Waals surface area contributed by atoms with E-state index in [0.717, 1.165) is 5.56 Å². The van der Waals surface area contributed by atoms with Crippen molar-refractivity contribution >= 4 is 23.9 Å². The van der Waals surface area contributed by atoms with Gasteiger partial charge in [-0.15, -0.1) is 0 Å². The number of hydrogen-bond acceptors (Lipinski definition) is 3. The number of amides is 1. The molecule has 0 atom stereocenters. The van der Waals surface area contributed by atoms with Crippen LogP contribution in [0.25, 0.3) is 0 Å². The van der Waals surface area contributed by atoms with Gasteiger partial charge in [-0.1, -0.05) is 23.7 Å². The van der Waals surface area contributed by atoms with Crippen LogP contribution in [0.4, 0.5) is 4.79 Å². The predicted octanol–water partition coefficient (Wildman–Crippen LogP) is 2.13. The molecule has 15 heavy (non-hydrogen) atoms. The third-order valence-electron chi connectivity index (χ3n) is 1.96. The van der Waals surface area contributed by atoms with Crippen molar-refractivity contribution in [2.24, 2.45) is 5.10 Å². The number of benzene rings is 1. The van der Waals surface area contributed by atoms with E-state index in [1.807, 2.05) is 12.1 Å². The summed E-state index contributed by atoms with van der Waals surface area (Å²) in [6.07, 6.45) is 1.20. The molecule has 5 heteroatoms. The van der Waals surface area contributed by atoms with E-state index >= 15 is 0 Å². The Morgan fingerprint density at radius 1 is 1.40 bits per heavy atom. The largest absolute Gasteiger partial charge is 0.446 e. The average molecular weight is 225 g/mol. The highest BCUT2D eigenvalue weighted by atomic mass is 35.5. The second-order valence-corrected chi connectivity index (χ2v) is 3.47. The molecule has 1 heterocycles. The van der Waals surface area contributed by atoms with Crippen LogP contribution in [0.2, 0.25) is 5.02 Å². The van der Waals surface area contributed by atoms with Crippen LogP contribution in [0.15, 0.2) is 29.4 Å². The summed E-state index contributed by atoms with van der Waals surface area (Å²) < 4.78 is 4.73. The Morgan fingerprint density at radius 2 is 2.13 bits per heavy atom. The number of cyclic esters (lactones) is 1. The van der Waals surface area contributed by atoms with Gasteiger partial charge in [-0.2, -0.15) is 10.1 Å². The lowest BCUT2D eigenvalue weighted by atomic mass is 10.2. The molecule has 0 spiro atoms. The predicted molar refractivity (Wildman–Crippen MR) is 57.1 cm³/mol. The molecule has 1 amide bonds. The minimum absolute atomic E-state index is 0.400. The second kappa shape index (κ2) is 4.31. The lowest BCUT2D eigenvalue weighted by Gasteiger charge is -2.03. The standard InChI is InChI=1S/C10H9ClN2O2/c11-9-3-1-8(2-4-9)7-12-13-5-6-15-10(13)14/h1-4,7H,5-6H2/b12-7-. The number of halogens is 1. The molecule has 0 saturated carbocycles. The number of carbonyl (C=O) groups is 1. The van der Waals surface area contributed by atoms with Gasteiger partial charge in [0.25, 0.3) is 0 Å². The van der Waals surface area contributed by atoms with Crippen LogP contribution >= 0.6 is 11.6 Å². The SMILES string of the molecule is O=C1OCCN1/N=C\c1ccc(Cl)cc1. The molecule has 0 radical (unpaired) electrons. The molecule has 0 aromatic heterocycles. The number of hydrazone groups is 1. The van der Waals surface area contributed by atoms with E-state index in [4.69, 9.17) is 16.3 Å². The number of carbonyl (C=O) groups excluding carboxylic acids is 1. The van der Waals surface area contributed by atoms with Gasteiger partial charge >= 0.3 is 6.09 Å². The summed E-state index contributed by atoms with van der Waals surface area (Å²) in [5.74, 6) is 0. The van der Waals surface area contributed by atoms with Gasteiger partial charge in [0.1, 0.15) is 6.61 Å². The maximum atomic E-state index is 11.0. The highest BCUT2D eigenvalue weighted by Gasteiger charge is 2.20. The summed E-state index contributed by atoms with van der Waals surface area (Å²) in [4.78, 5) is 11.0. The third-order valence-corrected chi connectivity index (χ3v) is 2.21. The zero-order valence-electron chi connectivity index (χ0n) is 7.89. The van der Waals surface area contributed by atoms with E-state index in [9.17, 15) is 4.79 Å². The van der Waals surface area contributed by atoms with Gasteiger partial charge in [-0.25, -0.2) is 4.79 Å². The summed E-state index contributed by atoms with van der Waals surface area (Å²) in [6, 6.07) is 7.19. The van der Waals surface area contributed by atoms with E-state index in [1.54, 1.807) is 18.3 Å². The first kappa shape index (κ1) is 9.98. The van der Waals surface area contributed by atoms with Crippen LogP contribution in [-0.4, -0.2) is 30.5 Å². The number of hydrogen-bond donors (Lipinski definition) is 0. The summed E-state index contributed by atoms with van der Waals surface area (Å²) in [7, 11) is 0. The van der Waals surface area contributed by atoms with Crippen LogP contribution in [0.3, 0.4) is 0 Å². The van der Waals surface area contributed by atoms with Crippen molar-refractivity contribution in [3.05, 3.63) is 34.9 Å². The van der Waals surface area contributed by atoms with E-state index in [2.05, 4.69) is 5.10 Å². The fourth-order valence-electron chi connectivity index (χ4n) is 1.18. The number of ether oxygens (including phenoxy) is 1. The molecule has 4 nitrogen and oxygen atoms in total. The van der Waals surface area contributed by atoms with Crippen LogP contribution < -0.4 is 0 Å². The molecule has 0 aliphatic carbocycles. The van der Waals surface area contributed by atoms with Crippen molar-refractivity contribution in [3.63, 3.8) is 0 Å². The maximum absolute atomic E-state index is 11.0. The fourth-order valence-corrected chi connectivity index (χ4v) is 1.30. The molecule has 2 rings (SSSR count). The summed E-state index contributed by atoms with van der Waals surface area (Å²) in [5, 5.41) is 5.95. The van der Waals surface area contributed by atoms with Gasteiger partial charge in [-0.3, -0.25) is 0 Å². The summed E-state index contributed by atoms with van der Waals surface area (Å²) >= 11 is 5.73. The maximum Gasteiger partial charge on any atom is 0.430 e. The molecule has 1 aliphatic heterocycles. The quantitative estimate of drug-likeness (QED) is 0.723. The first-order valence-electron chi connectivity index (χ1n) is 4.49. The van der Waals surface area contributed by atoms with Gasteiger partial charge in [0.05, 0.1) is 12.8 Å². The molecular weight excluding hydrogens is 216 g/mol. The Kier molecular flexibility index (Phi) is 2.87. The van der Waals surface area contributed by atoms with Gasteiger partial charge in [0.2, 0.25) is 0 Å². The number of nitrogens with zero attached hydrogens (tertiary/aromatic N) is 2. The Labute approximate surface area is 92.1 Å². The smallest absolute Gasteiger partial charge is 0.430 e. The first-order chi connectivity index (χ1) is 7.25. The highest BCUT2D eigenvalue weighted by molar-refractivity contribution is 6.30. The molecule has 1 aliphatic rings.